The van der Waals surface area contributed by atoms with Crippen molar-refractivity contribution >= 4 is 28.4 Å². The monoisotopic (exact) mass is 632 g/mol. The van der Waals surface area contributed by atoms with Crippen LogP contribution in [0.5, 0.6) is 34.5 Å². The average molecular weight is 633 g/mol. The SMILES string of the molecule is COc1ccc(OC)c(CCNC(=O)C(=O)Nc2ccc(Oc3ccnc4c(OC)c(OCC5CCNCC5)ccc34)c(F)c2)c1. The summed E-state index contributed by atoms with van der Waals surface area (Å²) in [5, 5.41) is 8.93. The Morgan fingerprint density at radius 2 is 1.67 bits per heavy atom. The van der Waals surface area contributed by atoms with E-state index in [2.05, 4.69) is 20.9 Å². The highest BCUT2D eigenvalue weighted by molar-refractivity contribution is 6.39. The van der Waals surface area contributed by atoms with E-state index in [1.165, 1.54) is 12.1 Å². The van der Waals surface area contributed by atoms with Crippen LogP contribution in [-0.4, -0.2) is 64.4 Å². The molecule has 0 bridgehead atoms. The molecule has 3 aromatic carbocycles. The van der Waals surface area contributed by atoms with Gasteiger partial charge < -0.3 is 39.6 Å². The summed E-state index contributed by atoms with van der Waals surface area (Å²) in [6.45, 7) is 2.71. The Hall–Kier alpha value is -5.10. The fourth-order valence-corrected chi connectivity index (χ4v) is 5.24. The van der Waals surface area contributed by atoms with Crippen LogP contribution in [0.2, 0.25) is 0 Å². The van der Waals surface area contributed by atoms with E-state index < -0.39 is 17.6 Å². The Labute approximate surface area is 266 Å². The van der Waals surface area contributed by atoms with E-state index in [-0.39, 0.29) is 18.0 Å². The van der Waals surface area contributed by atoms with Crippen LogP contribution in [0.25, 0.3) is 10.9 Å². The van der Waals surface area contributed by atoms with Gasteiger partial charge in [-0.1, -0.05) is 0 Å². The molecule has 1 fully saturated rings. The van der Waals surface area contributed by atoms with Crippen LogP contribution in [0, 0.1) is 11.7 Å². The summed E-state index contributed by atoms with van der Waals surface area (Å²) in [6.07, 6.45) is 4.05. The van der Waals surface area contributed by atoms with Gasteiger partial charge in [0.1, 0.15) is 22.8 Å². The average Bonchev–Trinajstić information content (AvgIpc) is 3.08. The largest absolute Gasteiger partial charge is 0.497 e. The van der Waals surface area contributed by atoms with Crippen molar-refractivity contribution < 1.29 is 37.7 Å². The van der Waals surface area contributed by atoms with Gasteiger partial charge in [-0.25, -0.2) is 4.39 Å². The van der Waals surface area contributed by atoms with Crippen LogP contribution in [0.1, 0.15) is 18.4 Å². The van der Waals surface area contributed by atoms with Crippen molar-refractivity contribution in [2.45, 2.75) is 19.3 Å². The first kappa shape index (κ1) is 32.3. The van der Waals surface area contributed by atoms with E-state index >= 15 is 4.39 Å². The molecule has 1 aliphatic rings. The molecule has 0 spiro atoms. The minimum Gasteiger partial charge on any atom is -0.497 e. The maximum Gasteiger partial charge on any atom is 0.313 e. The Morgan fingerprint density at radius 1 is 0.891 bits per heavy atom. The molecule has 0 radical (unpaired) electrons. The number of ether oxygens (including phenoxy) is 5. The molecule has 1 aromatic heterocycles. The second-order valence-electron chi connectivity index (χ2n) is 10.7. The molecule has 1 saturated heterocycles. The van der Waals surface area contributed by atoms with Gasteiger partial charge in [-0.3, -0.25) is 14.6 Å². The second kappa shape index (κ2) is 15.3. The number of pyridine rings is 1. The summed E-state index contributed by atoms with van der Waals surface area (Å²) >= 11 is 0. The van der Waals surface area contributed by atoms with E-state index in [4.69, 9.17) is 23.7 Å². The number of fused-ring (bicyclic) bond motifs is 1. The molecule has 0 saturated carbocycles. The summed E-state index contributed by atoms with van der Waals surface area (Å²) in [5.74, 6) is 0.542. The van der Waals surface area contributed by atoms with E-state index in [0.717, 1.165) is 37.6 Å². The molecule has 1 aliphatic heterocycles. The fraction of sp³-hybridized carbons (Fsp3) is 0.324. The third-order valence-corrected chi connectivity index (χ3v) is 7.71. The van der Waals surface area contributed by atoms with Crippen molar-refractivity contribution in [1.29, 1.82) is 0 Å². The van der Waals surface area contributed by atoms with Gasteiger partial charge in [0.25, 0.3) is 0 Å². The first-order valence-corrected chi connectivity index (χ1v) is 15.0. The lowest BCUT2D eigenvalue weighted by molar-refractivity contribution is -0.136. The van der Waals surface area contributed by atoms with Crippen LogP contribution in [-0.2, 0) is 16.0 Å². The summed E-state index contributed by atoms with van der Waals surface area (Å²) in [7, 11) is 4.65. The van der Waals surface area contributed by atoms with Gasteiger partial charge in [-0.05, 0) is 92.4 Å². The maximum absolute atomic E-state index is 15.1. The Bertz CT molecular complexity index is 1690. The van der Waals surface area contributed by atoms with Crippen molar-refractivity contribution in [3.8, 4) is 34.5 Å². The van der Waals surface area contributed by atoms with Gasteiger partial charge in [0.05, 0.1) is 27.9 Å². The van der Waals surface area contributed by atoms with E-state index in [0.29, 0.717) is 58.6 Å². The molecule has 46 heavy (non-hydrogen) atoms. The minimum absolute atomic E-state index is 0.0765. The minimum atomic E-state index is -0.934. The highest BCUT2D eigenvalue weighted by atomic mass is 19.1. The predicted octanol–water partition coefficient (Wildman–Crippen LogP) is 4.87. The molecule has 2 heterocycles. The standard InChI is InChI=1S/C34H37FN4O7/c1-42-24-5-8-27(43-2)22(18-24)12-16-38-33(40)34(41)39-23-4-7-29(26(35)19-23)46-28-13-17-37-31-25(28)6-9-30(32(31)44-3)45-20-21-10-14-36-15-11-21/h4-9,13,17-19,21,36H,10-12,14-16,20H2,1-3H3,(H,38,40)(H,39,41). The lowest BCUT2D eigenvalue weighted by atomic mass is 9.99. The number of nitrogens with zero attached hydrogens (tertiary/aromatic N) is 1. The molecule has 2 amide bonds. The molecular formula is C34H37FN4O7. The summed E-state index contributed by atoms with van der Waals surface area (Å²) in [4.78, 5) is 29.4. The van der Waals surface area contributed by atoms with Gasteiger partial charge in [-0.15, -0.1) is 0 Å². The first-order valence-electron chi connectivity index (χ1n) is 15.0. The van der Waals surface area contributed by atoms with Crippen molar-refractivity contribution in [3.05, 3.63) is 72.2 Å². The molecule has 11 nitrogen and oxygen atoms in total. The first-order chi connectivity index (χ1) is 22.4. The molecule has 4 aromatic rings. The lowest BCUT2D eigenvalue weighted by Crippen LogP contribution is -2.36. The Kier molecular flexibility index (Phi) is 10.7. The second-order valence-corrected chi connectivity index (χ2v) is 10.7. The number of anilines is 1. The van der Waals surface area contributed by atoms with Crippen molar-refractivity contribution in [2.75, 3.05) is 52.9 Å². The molecule has 3 N–H and O–H groups in total. The van der Waals surface area contributed by atoms with Crippen LogP contribution in [0.3, 0.4) is 0 Å². The number of amides is 2. The Balaban J connectivity index is 1.20. The number of halogens is 1. The quantitative estimate of drug-likeness (QED) is 0.188. The summed E-state index contributed by atoms with van der Waals surface area (Å²) < 4.78 is 43.4. The molecule has 12 heteroatoms. The number of carbonyl (C=O) groups excluding carboxylic acids is 2. The third-order valence-electron chi connectivity index (χ3n) is 7.71. The van der Waals surface area contributed by atoms with Gasteiger partial charge in [-0.2, -0.15) is 0 Å². The Morgan fingerprint density at radius 3 is 2.41 bits per heavy atom. The van der Waals surface area contributed by atoms with Gasteiger partial charge >= 0.3 is 11.8 Å². The van der Waals surface area contributed by atoms with Crippen molar-refractivity contribution in [3.63, 3.8) is 0 Å². The molecule has 0 atom stereocenters. The summed E-state index contributed by atoms with van der Waals surface area (Å²) in [5.41, 5.74) is 1.42. The third kappa shape index (κ3) is 7.75. The predicted molar refractivity (Wildman–Crippen MR) is 171 cm³/mol. The van der Waals surface area contributed by atoms with Crippen molar-refractivity contribution in [1.82, 2.24) is 15.6 Å². The molecule has 0 unspecified atom stereocenters. The van der Waals surface area contributed by atoms with Crippen LogP contribution in [0.4, 0.5) is 10.1 Å². The number of hydrogen-bond acceptors (Lipinski definition) is 9. The smallest absolute Gasteiger partial charge is 0.313 e. The van der Waals surface area contributed by atoms with Gasteiger partial charge in [0.15, 0.2) is 23.1 Å². The van der Waals surface area contributed by atoms with E-state index in [1.54, 1.807) is 63.9 Å². The number of benzene rings is 3. The normalized spacial score (nSPS) is 13.1. The number of hydrogen-bond donors (Lipinski definition) is 3. The van der Waals surface area contributed by atoms with Crippen LogP contribution in [0.15, 0.2) is 60.8 Å². The highest BCUT2D eigenvalue weighted by Gasteiger charge is 2.19. The molecule has 5 rings (SSSR count). The fourth-order valence-electron chi connectivity index (χ4n) is 5.24. The maximum atomic E-state index is 15.1. The van der Waals surface area contributed by atoms with Crippen molar-refractivity contribution in [2.24, 2.45) is 5.92 Å². The van der Waals surface area contributed by atoms with E-state index in [9.17, 15) is 9.59 Å². The number of carbonyl (C=O) groups is 2. The lowest BCUT2D eigenvalue weighted by Gasteiger charge is -2.23. The number of piperidine rings is 1. The van der Waals surface area contributed by atoms with Crippen LogP contribution >= 0.6 is 0 Å². The van der Waals surface area contributed by atoms with Gasteiger partial charge in [0.2, 0.25) is 0 Å². The summed E-state index contributed by atoms with van der Waals surface area (Å²) in [6, 6.07) is 14.4. The zero-order valence-corrected chi connectivity index (χ0v) is 26.0. The van der Waals surface area contributed by atoms with Crippen LogP contribution < -0.4 is 39.6 Å². The number of aromatic nitrogens is 1. The zero-order chi connectivity index (χ0) is 32.5. The number of nitrogens with one attached hydrogen (secondary N) is 3. The highest BCUT2D eigenvalue weighted by Crippen LogP contribution is 2.40. The van der Waals surface area contributed by atoms with Gasteiger partial charge in [0, 0.05) is 29.9 Å². The zero-order valence-electron chi connectivity index (χ0n) is 26.0. The molecule has 242 valence electrons. The van der Waals surface area contributed by atoms with E-state index in [1.807, 2.05) is 0 Å². The number of rotatable bonds is 12. The molecule has 0 aliphatic carbocycles. The topological polar surface area (TPSA) is 129 Å². The number of methoxy groups -OCH3 is 3. The molecular weight excluding hydrogens is 595 g/mol.